The zero-order valence-corrected chi connectivity index (χ0v) is 16.7. The van der Waals surface area contributed by atoms with Crippen LogP contribution in [-0.4, -0.2) is 18.4 Å². The fourth-order valence-corrected chi connectivity index (χ4v) is 2.56. The van der Waals surface area contributed by atoms with Gasteiger partial charge in [-0.05, 0) is 54.5 Å². The van der Waals surface area contributed by atoms with Gasteiger partial charge in [-0.3, -0.25) is 9.59 Å². The molecule has 0 radical (unpaired) electrons. The Labute approximate surface area is 171 Å². The molecule has 0 aliphatic carbocycles. The fraction of sp³-hybridized carbons (Fsp3) is 0.261. The second-order valence-corrected chi connectivity index (χ2v) is 6.51. The zero-order valence-electron chi connectivity index (χ0n) is 16.7. The van der Waals surface area contributed by atoms with Crippen LogP contribution in [0.2, 0.25) is 0 Å². The maximum Gasteiger partial charge on any atom is 0.266 e. The molecule has 150 valence electrons. The summed E-state index contributed by atoms with van der Waals surface area (Å²) in [5.74, 6) is 0.0917. The van der Waals surface area contributed by atoms with E-state index in [1.54, 1.807) is 24.3 Å². The molecule has 2 N–H and O–H groups in total. The van der Waals surface area contributed by atoms with Crippen molar-refractivity contribution in [1.29, 1.82) is 5.26 Å². The lowest BCUT2D eigenvalue weighted by molar-refractivity contribution is -0.114. The normalized spacial score (nSPS) is 10.7. The van der Waals surface area contributed by atoms with Crippen LogP contribution in [0.25, 0.3) is 6.08 Å². The molecule has 2 aromatic carbocycles. The minimum atomic E-state index is -0.500. The van der Waals surface area contributed by atoms with Crippen LogP contribution in [0.3, 0.4) is 0 Å². The summed E-state index contributed by atoms with van der Waals surface area (Å²) in [7, 11) is 0. The van der Waals surface area contributed by atoms with Gasteiger partial charge in [0, 0.05) is 18.3 Å². The van der Waals surface area contributed by atoms with Gasteiger partial charge in [-0.2, -0.15) is 5.26 Å². The number of nitrogens with one attached hydrogen (secondary N) is 2. The van der Waals surface area contributed by atoms with Crippen molar-refractivity contribution in [2.45, 2.75) is 33.1 Å². The molecule has 6 heteroatoms. The Hall–Kier alpha value is -3.59. The van der Waals surface area contributed by atoms with Crippen LogP contribution in [0, 0.1) is 11.3 Å². The Kier molecular flexibility index (Phi) is 8.46. The van der Waals surface area contributed by atoms with E-state index in [0.29, 0.717) is 18.0 Å². The highest BCUT2D eigenvalue weighted by Gasteiger charge is 2.10. The standard InChI is InChI=1S/C23H25N3O3/c1-3-4-5-14-29-22-12-6-18(7-13-22)15-19(16-24)23(28)26-21-10-8-20(9-11-21)25-17(2)27/h6-13,15H,3-5,14H2,1-2H3,(H,25,27)(H,26,28)/b19-15+. The van der Waals surface area contributed by atoms with E-state index in [0.717, 1.165) is 30.6 Å². The third kappa shape index (κ3) is 7.51. The quantitative estimate of drug-likeness (QED) is 0.366. The average Bonchev–Trinajstić information content (AvgIpc) is 2.71. The van der Waals surface area contributed by atoms with E-state index in [2.05, 4.69) is 17.6 Å². The van der Waals surface area contributed by atoms with Crippen LogP contribution in [0.4, 0.5) is 11.4 Å². The molecule has 0 fully saturated rings. The van der Waals surface area contributed by atoms with E-state index < -0.39 is 5.91 Å². The monoisotopic (exact) mass is 391 g/mol. The molecule has 2 aromatic rings. The molecular formula is C23H25N3O3. The first-order chi connectivity index (χ1) is 14.0. The summed E-state index contributed by atoms with van der Waals surface area (Å²) in [6.45, 7) is 4.24. The van der Waals surface area contributed by atoms with E-state index in [1.165, 1.54) is 13.0 Å². The van der Waals surface area contributed by atoms with Crippen LogP contribution < -0.4 is 15.4 Å². The van der Waals surface area contributed by atoms with Crippen LogP contribution in [0.1, 0.15) is 38.7 Å². The van der Waals surface area contributed by atoms with Gasteiger partial charge >= 0.3 is 0 Å². The highest BCUT2D eigenvalue weighted by Crippen LogP contribution is 2.17. The first kappa shape index (κ1) is 21.7. The lowest BCUT2D eigenvalue weighted by atomic mass is 10.1. The molecule has 0 atom stereocenters. The van der Waals surface area contributed by atoms with E-state index in [4.69, 9.17) is 4.74 Å². The van der Waals surface area contributed by atoms with Crippen LogP contribution in [-0.2, 0) is 9.59 Å². The molecule has 0 saturated carbocycles. The number of carbonyl (C=O) groups is 2. The Morgan fingerprint density at radius 3 is 2.17 bits per heavy atom. The van der Waals surface area contributed by atoms with Gasteiger partial charge in [-0.15, -0.1) is 0 Å². The fourth-order valence-electron chi connectivity index (χ4n) is 2.56. The zero-order chi connectivity index (χ0) is 21.1. The second-order valence-electron chi connectivity index (χ2n) is 6.51. The molecule has 0 saturated heterocycles. The molecule has 0 aliphatic heterocycles. The molecule has 0 spiro atoms. The predicted molar refractivity (Wildman–Crippen MR) is 114 cm³/mol. The number of nitrogens with zero attached hydrogens (tertiary/aromatic N) is 1. The number of carbonyl (C=O) groups excluding carboxylic acids is 2. The van der Waals surface area contributed by atoms with E-state index >= 15 is 0 Å². The Bertz CT molecular complexity index is 894. The molecular weight excluding hydrogens is 366 g/mol. The lowest BCUT2D eigenvalue weighted by Crippen LogP contribution is -2.13. The van der Waals surface area contributed by atoms with E-state index in [-0.39, 0.29) is 11.5 Å². The Morgan fingerprint density at radius 1 is 1.00 bits per heavy atom. The molecule has 0 unspecified atom stereocenters. The highest BCUT2D eigenvalue weighted by molar-refractivity contribution is 6.09. The minimum absolute atomic E-state index is 0.00690. The summed E-state index contributed by atoms with van der Waals surface area (Å²) in [6, 6.07) is 15.9. The number of anilines is 2. The van der Waals surface area contributed by atoms with Crippen molar-refractivity contribution < 1.29 is 14.3 Å². The van der Waals surface area contributed by atoms with Crippen molar-refractivity contribution in [3.05, 3.63) is 59.7 Å². The first-order valence-corrected chi connectivity index (χ1v) is 9.55. The van der Waals surface area contributed by atoms with Gasteiger partial charge < -0.3 is 15.4 Å². The summed E-state index contributed by atoms with van der Waals surface area (Å²) in [4.78, 5) is 23.4. The number of ether oxygens (including phenoxy) is 1. The SMILES string of the molecule is CCCCCOc1ccc(/C=C(\C#N)C(=O)Nc2ccc(NC(C)=O)cc2)cc1. The third-order valence-electron chi connectivity index (χ3n) is 4.04. The number of hydrogen-bond acceptors (Lipinski definition) is 4. The molecule has 29 heavy (non-hydrogen) atoms. The lowest BCUT2D eigenvalue weighted by Gasteiger charge is -2.07. The molecule has 0 aromatic heterocycles. The molecule has 0 heterocycles. The number of benzene rings is 2. The predicted octanol–water partition coefficient (Wildman–Crippen LogP) is 4.76. The maximum atomic E-state index is 12.4. The summed E-state index contributed by atoms with van der Waals surface area (Å²) in [6.07, 6.45) is 4.83. The number of amides is 2. The smallest absolute Gasteiger partial charge is 0.266 e. The second kappa shape index (κ2) is 11.3. The van der Waals surface area contributed by atoms with Crippen LogP contribution >= 0.6 is 0 Å². The molecule has 6 nitrogen and oxygen atoms in total. The van der Waals surface area contributed by atoms with Gasteiger partial charge in [0.1, 0.15) is 17.4 Å². The summed E-state index contributed by atoms with van der Waals surface area (Å²) < 4.78 is 5.66. The molecule has 0 aliphatic rings. The maximum absolute atomic E-state index is 12.4. The first-order valence-electron chi connectivity index (χ1n) is 9.55. The van der Waals surface area contributed by atoms with Crippen molar-refractivity contribution in [1.82, 2.24) is 0 Å². The van der Waals surface area contributed by atoms with Crippen molar-refractivity contribution >= 4 is 29.3 Å². The number of unbranched alkanes of at least 4 members (excludes halogenated alkanes) is 2. The van der Waals surface area contributed by atoms with Crippen LogP contribution in [0.15, 0.2) is 54.1 Å². The van der Waals surface area contributed by atoms with Gasteiger partial charge in [0.15, 0.2) is 0 Å². The number of hydrogen-bond donors (Lipinski definition) is 2. The van der Waals surface area contributed by atoms with Crippen molar-refractivity contribution in [2.75, 3.05) is 17.2 Å². The largest absolute Gasteiger partial charge is 0.494 e. The third-order valence-corrected chi connectivity index (χ3v) is 4.04. The highest BCUT2D eigenvalue weighted by atomic mass is 16.5. The van der Waals surface area contributed by atoms with E-state index in [1.807, 2.05) is 30.3 Å². The van der Waals surface area contributed by atoms with Gasteiger partial charge in [0.25, 0.3) is 5.91 Å². The van der Waals surface area contributed by atoms with Crippen LogP contribution in [0.5, 0.6) is 5.75 Å². The number of nitriles is 1. The van der Waals surface area contributed by atoms with Gasteiger partial charge in [-0.1, -0.05) is 31.9 Å². The molecule has 2 rings (SSSR count). The van der Waals surface area contributed by atoms with E-state index in [9.17, 15) is 14.9 Å². The average molecular weight is 391 g/mol. The van der Waals surface area contributed by atoms with Gasteiger partial charge in [0.05, 0.1) is 6.61 Å². The van der Waals surface area contributed by atoms with Crippen molar-refractivity contribution in [3.63, 3.8) is 0 Å². The van der Waals surface area contributed by atoms with Crippen molar-refractivity contribution in [2.24, 2.45) is 0 Å². The Morgan fingerprint density at radius 2 is 1.62 bits per heavy atom. The van der Waals surface area contributed by atoms with Crippen molar-refractivity contribution in [3.8, 4) is 11.8 Å². The van der Waals surface area contributed by atoms with Gasteiger partial charge in [-0.25, -0.2) is 0 Å². The Balaban J connectivity index is 1.98. The van der Waals surface area contributed by atoms with Gasteiger partial charge in [0.2, 0.25) is 5.91 Å². The molecule has 0 bridgehead atoms. The number of rotatable bonds is 9. The minimum Gasteiger partial charge on any atom is -0.494 e. The molecule has 2 amide bonds. The topological polar surface area (TPSA) is 91.2 Å². The summed E-state index contributed by atoms with van der Waals surface area (Å²) in [5.41, 5.74) is 1.88. The summed E-state index contributed by atoms with van der Waals surface area (Å²) in [5, 5.41) is 14.7. The summed E-state index contributed by atoms with van der Waals surface area (Å²) >= 11 is 0.